The first-order chi connectivity index (χ1) is 10.5. The van der Waals surface area contributed by atoms with Crippen LogP contribution in [0.25, 0.3) is 10.9 Å². The predicted molar refractivity (Wildman–Crippen MR) is 84.4 cm³/mol. The molecule has 5 heteroatoms. The van der Waals surface area contributed by atoms with Crippen molar-refractivity contribution < 1.29 is 14.7 Å². The van der Waals surface area contributed by atoms with Gasteiger partial charge in [-0.15, -0.1) is 0 Å². The van der Waals surface area contributed by atoms with Crippen molar-refractivity contribution in [1.82, 2.24) is 4.98 Å². The Hall–Kier alpha value is -3.08. The summed E-state index contributed by atoms with van der Waals surface area (Å²) in [5.74, 6) is -0.186. The van der Waals surface area contributed by atoms with Gasteiger partial charge in [-0.2, -0.15) is 0 Å². The first kappa shape index (κ1) is 13.9. The average molecular weight is 294 g/mol. The van der Waals surface area contributed by atoms with E-state index in [1.165, 1.54) is 19.1 Å². The number of hydrogen-bond donors (Lipinski definition) is 3. The van der Waals surface area contributed by atoms with Crippen LogP contribution in [0.5, 0.6) is 5.75 Å². The Labute approximate surface area is 126 Å². The molecule has 2 aromatic carbocycles. The maximum atomic E-state index is 12.1. The number of carbonyl (C=O) groups is 2. The average Bonchev–Trinajstić information content (AvgIpc) is 2.91. The number of aromatic hydroxyl groups is 1. The zero-order valence-electron chi connectivity index (χ0n) is 11.9. The van der Waals surface area contributed by atoms with Gasteiger partial charge in [0, 0.05) is 29.1 Å². The lowest BCUT2D eigenvalue weighted by Gasteiger charge is -2.05. The van der Waals surface area contributed by atoms with Crippen LogP contribution >= 0.6 is 0 Å². The third-order valence-corrected chi connectivity index (χ3v) is 3.39. The SMILES string of the molecule is CC(=O)c1cc2cc(NC(=O)c3ccc(O)cc3)ccc2[nH]1. The highest BCUT2D eigenvalue weighted by molar-refractivity contribution is 6.05. The molecule has 0 aliphatic rings. The standard InChI is InChI=1S/C17H14N2O3/c1-10(20)16-9-12-8-13(4-7-15(12)19-16)18-17(22)11-2-5-14(21)6-3-11/h2-9,19,21H,1H3,(H,18,22). The summed E-state index contributed by atoms with van der Waals surface area (Å²) in [7, 11) is 0. The number of hydrogen-bond acceptors (Lipinski definition) is 3. The number of fused-ring (bicyclic) bond motifs is 1. The molecule has 3 rings (SSSR count). The molecule has 0 bridgehead atoms. The molecule has 110 valence electrons. The van der Waals surface area contributed by atoms with Crippen LogP contribution in [0.15, 0.2) is 48.5 Å². The molecular formula is C17H14N2O3. The molecule has 3 aromatic rings. The lowest BCUT2D eigenvalue weighted by molar-refractivity contribution is 0.101. The van der Waals surface area contributed by atoms with Gasteiger partial charge in [0.05, 0.1) is 5.69 Å². The quantitative estimate of drug-likeness (QED) is 0.648. The molecule has 0 unspecified atom stereocenters. The number of aromatic amines is 1. The van der Waals surface area contributed by atoms with E-state index in [0.717, 1.165) is 10.9 Å². The molecule has 0 saturated heterocycles. The molecule has 0 aliphatic carbocycles. The van der Waals surface area contributed by atoms with E-state index >= 15 is 0 Å². The number of nitrogens with one attached hydrogen (secondary N) is 2. The van der Waals surface area contributed by atoms with E-state index in [9.17, 15) is 14.7 Å². The number of phenols is 1. The summed E-state index contributed by atoms with van der Waals surface area (Å²) in [4.78, 5) is 26.5. The van der Waals surface area contributed by atoms with E-state index in [-0.39, 0.29) is 17.4 Å². The lowest BCUT2D eigenvalue weighted by Crippen LogP contribution is -2.11. The molecule has 5 nitrogen and oxygen atoms in total. The van der Waals surface area contributed by atoms with Crippen molar-refractivity contribution in [2.24, 2.45) is 0 Å². The van der Waals surface area contributed by atoms with Crippen LogP contribution in [-0.2, 0) is 0 Å². The van der Waals surface area contributed by atoms with E-state index in [2.05, 4.69) is 10.3 Å². The van der Waals surface area contributed by atoms with E-state index in [0.29, 0.717) is 16.9 Å². The number of ketones is 1. The van der Waals surface area contributed by atoms with Crippen molar-refractivity contribution in [1.29, 1.82) is 0 Å². The number of Topliss-reactive ketones (excluding diaryl/α,β-unsaturated/α-hetero) is 1. The topological polar surface area (TPSA) is 82.2 Å². The summed E-state index contributed by atoms with van der Waals surface area (Å²) in [6.45, 7) is 1.50. The Morgan fingerprint density at radius 3 is 2.45 bits per heavy atom. The van der Waals surface area contributed by atoms with Crippen LogP contribution in [0.1, 0.15) is 27.8 Å². The maximum absolute atomic E-state index is 12.1. The van der Waals surface area contributed by atoms with Gasteiger partial charge in [0.2, 0.25) is 0 Å². The number of rotatable bonds is 3. The first-order valence-corrected chi connectivity index (χ1v) is 6.77. The Balaban J connectivity index is 1.85. The van der Waals surface area contributed by atoms with Crippen molar-refractivity contribution in [2.75, 3.05) is 5.32 Å². The zero-order valence-corrected chi connectivity index (χ0v) is 11.9. The molecule has 0 atom stereocenters. The van der Waals surface area contributed by atoms with Gasteiger partial charge in [-0.3, -0.25) is 9.59 Å². The van der Waals surface area contributed by atoms with Gasteiger partial charge in [-0.05, 0) is 48.5 Å². The van der Waals surface area contributed by atoms with Crippen LogP contribution in [0.4, 0.5) is 5.69 Å². The maximum Gasteiger partial charge on any atom is 0.255 e. The summed E-state index contributed by atoms with van der Waals surface area (Å²) in [5.41, 5.74) is 2.47. The minimum atomic E-state index is -0.262. The van der Waals surface area contributed by atoms with Gasteiger partial charge >= 0.3 is 0 Å². The summed E-state index contributed by atoms with van der Waals surface area (Å²) >= 11 is 0. The largest absolute Gasteiger partial charge is 0.508 e. The van der Waals surface area contributed by atoms with Crippen LogP contribution < -0.4 is 5.32 Å². The monoisotopic (exact) mass is 294 g/mol. The molecule has 3 N–H and O–H groups in total. The van der Waals surface area contributed by atoms with Crippen molar-refractivity contribution >= 4 is 28.3 Å². The van der Waals surface area contributed by atoms with Gasteiger partial charge in [0.15, 0.2) is 5.78 Å². The number of benzene rings is 2. The van der Waals surface area contributed by atoms with Crippen molar-refractivity contribution in [2.45, 2.75) is 6.92 Å². The molecule has 1 aromatic heterocycles. The highest BCUT2D eigenvalue weighted by Crippen LogP contribution is 2.21. The Kier molecular flexibility index (Phi) is 3.39. The van der Waals surface area contributed by atoms with E-state index in [1.807, 2.05) is 6.07 Å². The van der Waals surface area contributed by atoms with Crippen molar-refractivity contribution in [3.63, 3.8) is 0 Å². The fraction of sp³-hybridized carbons (Fsp3) is 0.0588. The first-order valence-electron chi connectivity index (χ1n) is 6.77. The Morgan fingerprint density at radius 2 is 1.77 bits per heavy atom. The third-order valence-electron chi connectivity index (χ3n) is 3.39. The van der Waals surface area contributed by atoms with Gasteiger partial charge in [-0.1, -0.05) is 0 Å². The number of H-pyrrole nitrogens is 1. The molecule has 1 heterocycles. The highest BCUT2D eigenvalue weighted by Gasteiger charge is 2.08. The van der Waals surface area contributed by atoms with Crippen LogP contribution in [0, 0.1) is 0 Å². The fourth-order valence-corrected chi connectivity index (χ4v) is 2.22. The second-order valence-corrected chi connectivity index (χ2v) is 5.04. The van der Waals surface area contributed by atoms with Crippen LogP contribution in [0.3, 0.4) is 0 Å². The molecule has 22 heavy (non-hydrogen) atoms. The van der Waals surface area contributed by atoms with E-state index in [4.69, 9.17) is 0 Å². The van der Waals surface area contributed by atoms with Gasteiger partial charge < -0.3 is 15.4 Å². The fourth-order valence-electron chi connectivity index (χ4n) is 2.22. The number of aromatic nitrogens is 1. The Bertz CT molecular complexity index is 863. The minimum absolute atomic E-state index is 0.0362. The summed E-state index contributed by atoms with van der Waals surface area (Å²) in [5, 5.41) is 12.9. The summed E-state index contributed by atoms with van der Waals surface area (Å²) in [6.07, 6.45) is 0. The van der Waals surface area contributed by atoms with Gasteiger partial charge in [0.25, 0.3) is 5.91 Å². The molecule has 0 spiro atoms. The highest BCUT2D eigenvalue weighted by atomic mass is 16.3. The molecule has 1 amide bonds. The van der Waals surface area contributed by atoms with Crippen molar-refractivity contribution in [3.05, 3.63) is 59.8 Å². The van der Waals surface area contributed by atoms with Crippen LogP contribution in [-0.4, -0.2) is 21.8 Å². The zero-order chi connectivity index (χ0) is 15.7. The minimum Gasteiger partial charge on any atom is -0.508 e. The number of anilines is 1. The number of carbonyl (C=O) groups excluding carboxylic acids is 2. The summed E-state index contributed by atoms with van der Waals surface area (Å²) in [6, 6.07) is 13.2. The molecule has 0 radical (unpaired) electrons. The van der Waals surface area contributed by atoms with Gasteiger partial charge in [0.1, 0.15) is 5.75 Å². The molecule has 0 saturated carbocycles. The summed E-state index contributed by atoms with van der Waals surface area (Å²) < 4.78 is 0. The lowest BCUT2D eigenvalue weighted by atomic mass is 10.2. The second kappa shape index (κ2) is 5.37. The van der Waals surface area contributed by atoms with Crippen LogP contribution in [0.2, 0.25) is 0 Å². The second-order valence-electron chi connectivity index (χ2n) is 5.04. The molecule has 0 fully saturated rings. The number of phenolic OH excluding ortho intramolecular Hbond substituents is 1. The Morgan fingerprint density at radius 1 is 1.05 bits per heavy atom. The van der Waals surface area contributed by atoms with E-state index in [1.54, 1.807) is 30.3 Å². The molecular weight excluding hydrogens is 280 g/mol. The van der Waals surface area contributed by atoms with Gasteiger partial charge in [-0.25, -0.2) is 0 Å². The smallest absolute Gasteiger partial charge is 0.255 e. The third kappa shape index (κ3) is 2.69. The normalized spacial score (nSPS) is 10.6. The van der Waals surface area contributed by atoms with Crippen molar-refractivity contribution in [3.8, 4) is 5.75 Å². The number of amides is 1. The molecule has 0 aliphatic heterocycles. The van der Waals surface area contributed by atoms with E-state index < -0.39 is 0 Å². The predicted octanol–water partition coefficient (Wildman–Crippen LogP) is 3.33.